The van der Waals surface area contributed by atoms with Crippen LogP contribution in [0, 0.1) is 22.9 Å². The second kappa shape index (κ2) is 9.26. The Morgan fingerprint density at radius 2 is 1.59 bits per heavy atom. The zero-order valence-electron chi connectivity index (χ0n) is 17.1. The van der Waals surface area contributed by atoms with Crippen LogP contribution in [-0.4, -0.2) is 23.6 Å². The summed E-state index contributed by atoms with van der Waals surface area (Å²) in [5.74, 6) is -2.09. The van der Waals surface area contributed by atoms with Crippen molar-refractivity contribution in [1.29, 1.82) is 5.41 Å². The van der Waals surface area contributed by atoms with Crippen LogP contribution in [0.1, 0.15) is 41.7 Å². The van der Waals surface area contributed by atoms with Crippen molar-refractivity contribution in [3.63, 3.8) is 0 Å². The van der Waals surface area contributed by atoms with E-state index < -0.39 is 29.6 Å². The van der Waals surface area contributed by atoms with Gasteiger partial charge in [0.05, 0.1) is 6.04 Å². The van der Waals surface area contributed by atoms with Crippen molar-refractivity contribution in [3.05, 3.63) is 101 Å². The number of ether oxygens (including phenoxy) is 1. The number of rotatable bonds is 7. The van der Waals surface area contributed by atoms with Crippen LogP contribution >= 0.6 is 0 Å². The maximum absolute atomic E-state index is 14.2. The molecule has 164 valence electrons. The highest BCUT2D eigenvalue weighted by Gasteiger charge is 2.37. The number of benzene rings is 3. The summed E-state index contributed by atoms with van der Waals surface area (Å²) in [5, 5.41) is 7.35. The molecule has 0 aromatic heterocycles. The van der Waals surface area contributed by atoms with E-state index in [1.165, 1.54) is 24.4 Å². The van der Waals surface area contributed by atoms with Crippen LogP contribution in [0.5, 0.6) is 5.75 Å². The van der Waals surface area contributed by atoms with Crippen LogP contribution in [0.3, 0.4) is 0 Å². The highest BCUT2D eigenvalue weighted by atomic mass is 19.2. The number of nitrogens with one attached hydrogen (secondary N) is 1. The summed E-state index contributed by atoms with van der Waals surface area (Å²) >= 11 is 0. The summed E-state index contributed by atoms with van der Waals surface area (Å²) in [7, 11) is 0. The zero-order valence-corrected chi connectivity index (χ0v) is 17.1. The third-order valence-corrected chi connectivity index (χ3v) is 5.53. The number of hydrogen-bond acceptors (Lipinski definition) is 3. The topological polar surface area (TPSA) is 53.4 Å². The second-order valence-electron chi connectivity index (χ2n) is 7.61. The highest BCUT2D eigenvalue weighted by Crippen LogP contribution is 2.40. The minimum atomic E-state index is -1.03. The lowest BCUT2D eigenvalue weighted by molar-refractivity contribution is -0.131. The molecule has 3 aromatic rings. The first-order chi connectivity index (χ1) is 15.5. The molecule has 0 unspecified atom stereocenters. The van der Waals surface area contributed by atoms with Gasteiger partial charge in [-0.3, -0.25) is 4.79 Å². The summed E-state index contributed by atoms with van der Waals surface area (Å²) < 4.78 is 47.7. The third kappa shape index (κ3) is 4.51. The molecule has 4 nitrogen and oxygen atoms in total. The monoisotopic (exact) mass is 438 g/mol. The van der Waals surface area contributed by atoms with E-state index in [-0.39, 0.29) is 5.91 Å². The summed E-state index contributed by atoms with van der Waals surface area (Å²) in [6, 6.07) is 15.3. The van der Waals surface area contributed by atoms with E-state index in [1.807, 2.05) is 0 Å². The summed E-state index contributed by atoms with van der Waals surface area (Å²) in [4.78, 5) is 14.3. The Morgan fingerprint density at radius 1 is 0.906 bits per heavy atom. The summed E-state index contributed by atoms with van der Waals surface area (Å²) in [6.07, 6.45) is 1.34. The molecule has 1 aliphatic heterocycles. The van der Waals surface area contributed by atoms with Gasteiger partial charge in [-0.1, -0.05) is 18.2 Å². The normalized spacial score (nSPS) is 15.5. The molecule has 0 aliphatic carbocycles. The largest absolute Gasteiger partial charge is 0.483 e. The predicted octanol–water partition coefficient (Wildman–Crippen LogP) is 5.59. The molecule has 4 rings (SSSR count). The fourth-order valence-electron chi connectivity index (χ4n) is 3.93. The quantitative estimate of drug-likeness (QED) is 0.489. The van der Waals surface area contributed by atoms with Crippen LogP contribution in [-0.2, 0) is 4.79 Å². The van der Waals surface area contributed by atoms with E-state index >= 15 is 0 Å². The second-order valence-corrected chi connectivity index (χ2v) is 7.61. The number of carbonyl (C=O) groups is 1. The SMILES string of the molecule is N=Cc1ccc(O[C@@H](c2ccc(F)c(F)c2)[C@@H](c2ccc(F)cc2)N2CCCC2=O)cc1. The molecule has 0 spiro atoms. The van der Waals surface area contributed by atoms with Crippen LogP contribution in [0.2, 0.25) is 0 Å². The Kier molecular flexibility index (Phi) is 6.25. The maximum atomic E-state index is 14.2. The molecule has 32 heavy (non-hydrogen) atoms. The maximum Gasteiger partial charge on any atom is 0.223 e. The van der Waals surface area contributed by atoms with Crippen molar-refractivity contribution < 1.29 is 22.7 Å². The highest BCUT2D eigenvalue weighted by molar-refractivity contribution is 5.79. The van der Waals surface area contributed by atoms with Crippen molar-refractivity contribution in [1.82, 2.24) is 4.90 Å². The first-order valence-electron chi connectivity index (χ1n) is 10.2. The molecule has 3 aromatic carbocycles. The molecule has 0 radical (unpaired) electrons. The van der Waals surface area contributed by atoms with Gasteiger partial charge in [-0.05, 0) is 71.6 Å². The molecular formula is C25H21F3N2O2. The Bertz CT molecular complexity index is 1120. The minimum Gasteiger partial charge on any atom is -0.483 e. The Hall–Kier alpha value is -3.61. The van der Waals surface area contributed by atoms with Crippen molar-refractivity contribution in [2.75, 3.05) is 6.54 Å². The van der Waals surface area contributed by atoms with Crippen LogP contribution in [0.25, 0.3) is 0 Å². The molecule has 0 bridgehead atoms. The van der Waals surface area contributed by atoms with E-state index in [0.29, 0.717) is 41.8 Å². The van der Waals surface area contributed by atoms with Crippen LogP contribution in [0.15, 0.2) is 66.7 Å². The number of hydrogen-bond donors (Lipinski definition) is 1. The van der Waals surface area contributed by atoms with Crippen molar-refractivity contribution >= 4 is 12.1 Å². The number of amides is 1. The Balaban J connectivity index is 1.82. The lowest BCUT2D eigenvalue weighted by Crippen LogP contribution is -2.36. The third-order valence-electron chi connectivity index (χ3n) is 5.53. The molecule has 1 saturated heterocycles. The molecule has 1 amide bonds. The van der Waals surface area contributed by atoms with E-state index in [1.54, 1.807) is 41.3 Å². The summed E-state index contributed by atoms with van der Waals surface area (Å²) in [6.45, 7) is 0.469. The van der Waals surface area contributed by atoms with Gasteiger partial charge in [0.25, 0.3) is 0 Å². The van der Waals surface area contributed by atoms with Crippen molar-refractivity contribution in [2.24, 2.45) is 0 Å². The van der Waals surface area contributed by atoms with Gasteiger partial charge in [-0.25, -0.2) is 13.2 Å². The smallest absolute Gasteiger partial charge is 0.223 e. The molecule has 1 fully saturated rings. The zero-order chi connectivity index (χ0) is 22.7. The van der Waals surface area contributed by atoms with Gasteiger partial charge >= 0.3 is 0 Å². The molecule has 1 N–H and O–H groups in total. The van der Waals surface area contributed by atoms with Gasteiger partial charge in [0.1, 0.15) is 17.7 Å². The van der Waals surface area contributed by atoms with Crippen molar-refractivity contribution in [3.8, 4) is 5.75 Å². The Morgan fingerprint density at radius 3 is 2.19 bits per heavy atom. The molecule has 0 saturated carbocycles. The van der Waals surface area contributed by atoms with Crippen molar-refractivity contribution in [2.45, 2.75) is 25.0 Å². The van der Waals surface area contributed by atoms with Gasteiger partial charge in [0.15, 0.2) is 11.6 Å². The van der Waals surface area contributed by atoms with E-state index in [9.17, 15) is 18.0 Å². The van der Waals surface area contributed by atoms with Gasteiger partial charge < -0.3 is 15.0 Å². The lowest BCUT2D eigenvalue weighted by Gasteiger charge is -2.35. The minimum absolute atomic E-state index is 0.0883. The van der Waals surface area contributed by atoms with E-state index in [0.717, 1.165) is 12.1 Å². The van der Waals surface area contributed by atoms with E-state index in [2.05, 4.69) is 0 Å². The average molecular weight is 438 g/mol. The van der Waals surface area contributed by atoms with Gasteiger partial charge in [-0.2, -0.15) is 0 Å². The van der Waals surface area contributed by atoms with Gasteiger partial charge in [-0.15, -0.1) is 0 Å². The van der Waals surface area contributed by atoms with E-state index in [4.69, 9.17) is 10.1 Å². The fraction of sp³-hybridized carbons (Fsp3) is 0.200. The predicted molar refractivity (Wildman–Crippen MR) is 114 cm³/mol. The first-order valence-corrected chi connectivity index (χ1v) is 10.2. The standard InChI is InChI=1S/C25H21F3N2O2/c26-19-8-5-17(6-9-19)24(30-13-1-2-23(30)31)25(18-7-12-21(27)22(28)14-18)32-20-10-3-16(15-29)4-11-20/h3-12,14-15,24-25,29H,1-2,13H2/t24-,25+/m1/s1. The van der Waals surface area contributed by atoms with Gasteiger partial charge in [0.2, 0.25) is 5.91 Å². The number of halogens is 3. The molecular weight excluding hydrogens is 417 g/mol. The molecule has 2 atom stereocenters. The number of nitrogens with zero attached hydrogens (tertiary/aromatic N) is 1. The Labute approximate surface area is 183 Å². The molecule has 1 aliphatic rings. The average Bonchev–Trinajstić information content (AvgIpc) is 3.22. The number of likely N-dealkylation sites (tertiary alicyclic amines) is 1. The fourth-order valence-corrected chi connectivity index (χ4v) is 3.93. The lowest BCUT2D eigenvalue weighted by atomic mass is 9.93. The van der Waals surface area contributed by atoms with Crippen LogP contribution in [0.4, 0.5) is 13.2 Å². The van der Waals surface area contributed by atoms with Gasteiger partial charge in [0, 0.05) is 19.2 Å². The molecule has 1 heterocycles. The number of carbonyl (C=O) groups excluding carboxylic acids is 1. The summed E-state index contributed by atoms with van der Waals surface area (Å²) in [5.41, 5.74) is 1.63. The van der Waals surface area contributed by atoms with Crippen LogP contribution < -0.4 is 4.74 Å². The molecule has 7 heteroatoms. The first kappa shape index (κ1) is 21.6.